The first-order valence-corrected chi connectivity index (χ1v) is 7.76. The van der Waals surface area contributed by atoms with E-state index in [0.29, 0.717) is 12.6 Å². The maximum absolute atomic E-state index is 8.62. The zero-order valence-corrected chi connectivity index (χ0v) is 11.8. The molecule has 16 heavy (non-hydrogen) atoms. The number of thiophene rings is 1. The monoisotopic (exact) mass is 279 g/mol. The van der Waals surface area contributed by atoms with E-state index >= 15 is 0 Å². The molecule has 0 aliphatic carbocycles. The number of nitrogens with one attached hydrogen (secondary N) is 1. The van der Waals surface area contributed by atoms with Gasteiger partial charge in [-0.1, -0.05) is 11.6 Å². The van der Waals surface area contributed by atoms with E-state index in [-0.39, 0.29) is 0 Å². The number of hydrogen-bond donors (Lipinski definition) is 2. The second-order valence-electron chi connectivity index (χ2n) is 3.51. The lowest BCUT2D eigenvalue weighted by Crippen LogP contribution is -2.20. The smallest absolute Gasteiger partial charge is 0.0931 e. The fraction of sp³-hybridized carbons (Fsp3) is 0.636. The van der Waals surface area contributed by atoms with E-state index in [2.05, 4.69) is 18.3 Å². The molecule has 1 unspecified atom stereocenters. The summed E-state index contributed by atoms with van der Waals surface area (Å²) in [4.78, 5) is 1.28. The zero-order valence-electron chi connectivity index (χ0n) is 9.41. The second-order valence-corrected chi connectivity index (χ2v) is 6.48. The number of halogens is 1. The molecule has 1 aromatic rings. The Hall–Kier alpha value is 0.260. The molecule has 0 fully saturated rings. The van der Waals surface area contributed by atoms with Crippen LogP contribution in [0.15, 0.2) is 12.1 Å². The Balaban J connectivity index is 2.09. The average molecular weight is 280 g/mol. The third-order valence-corrected chi connectivity index (χ3v) is 4.65. The minimum absolute atomic E-state index is 0.296. The summed E-state index contributed by atoms with van der Waals surface area (Å²) in [5, 5.41) is 12.1. The molecule has 2 N–H and O–H groups in total. The number of aliphatic hydroxyl groups excluding tert-OH is 1. The number of rotatable bonds is 8. The van der Waals surface area contributed by atoms with E-state index in [1.165, 1.54) is 4.88 Å². The van der Waals surface area contributed by atoms with Crippen molar-refractivity contribution in [2.75, 3.05) is 24.7 Å². The van der Waals surface area contributed by atoms with E-state index in [0.717, 1.165) is 28.8 Å². The van der Waals surface area contributed by atoms with Crippen molar-refractivity contribution < 1.29 is 5.11 Å². The summed E-state index contributed by atoms with van der Waals surface area (Å²) in [6.45, 7) is 3.44. The quantitative estimate of drug-likeness (QED) is 0.717. The molecule has 0 aromatic carbocycles. The Bertz CT molecular complexity index is 293. The van der Waals surface area contributed by atoms with Gasteiger partial charge in [0.05, 0.1) is 4.34 Å². The van der Waals surface area contributed by atoms with Crippen LogP contribution >= 0.6 is 34.7 Å². The predicted octanol–water partition coefficient (Wildman–Crippen LogP) is 3.17. The van der Waals surface area contributed by atoms with Crippen molar-refractivity contribution in [1.29, 1.82) is 0 Å². The van der Waals surface area contributed by atoms with E-state index in [1.54, 1.807) is 11.3 Å². The molecular weight excluding hydrogens is 262 g/mol. The first-order chi connectivity index (χ1) is 7.74. The maximum atomic E-state index is 8.62. The highest BCUT2D eigenvalue weighted by atomic mass is 35.5. The lowest BCUT2D eigenvalue weighted by Gasteiger charge is -2.11. The highest BCUT2D eigenvalue weighted by Gasteiger charge is 2.06. The van der Waals surface area contributed by atoms with Gasteiger partial charge in [-0.25, -0.2) is 0 Å². The summed E-state index contributed by atoms with van der Waals surface area (Å²) in [5.74, 6) is 2.13. The first kappa shape index (κ1) is 14.3. The van der Waals surface area contributed by atoms with Gasteiger partial charge in [-0.05, 0) is 31.2 Å². The lowest BCUT2D eigenvalue weighted by atomic mass is 10.3. The van der Waals surface area contributed by atoms with E-state index in [9.17, 15) is 0 Å². The van der Waals surface area contributed by atoms with E-state index in [1.807, 2.05) is 17.8 Å². The van der Waals surface area contributed by atoms with Gasteiger partial charge < -0.3 is 10.4 Å². The van der Waals surface area contributed by atoms with Crippen LogP contribution in [0.2, 0.25) is 4.34 Å². The Morgan fingerprint density at radius 2 is 2.31 bits per heavy atom. The number of hydrogen-bond acceptors (Lipinski definition) is 4. The lowest BCUT2D eigenvalue weighted by molar-refractivity contribution is 0.296. The normalized spacial score (nSPS) is 12.9. The second kappa shape index (κ2) is 8.37. The molecule has 0 aliphatic rings. The topological polar surface area (TPSA) is 32.3 Å². The minimum atomic E-state index is 0.296. The molecule has 2 nitrogen and oxygen atoms in total. The van der Waals surface area contributed by atoms with Gasteiger partial charge in [0.25, 0.3) is 0 Å². The van der Waals surface area contributed by atoms with Crippen molar-refractivity contribution in [3.63, 3.8) is 0 Å². The highest BCUT2D eigenvalue weighted by Crippen LogP contribution is 2.26. The zero-order chi connectivity index (χ0) is 11.8. The van der Waals surface area contributed by atoms with Gasteiger partial charge in [0, 0.05) is 29.8 Å². The fourth-order valence-electron chi connectivity index (χ4n) is 1.28. The summed E-state index contributed by atoms with van der Waals surface area (Å²) < 4.78 is 0.848. The molecule has 0 saturated carbocycles. The molecule has 5 heteroatoms. The van der Waals surface area contributed by atoms with E-state index in [4.69, 9.17) is 16.7 Å². The molecule has 0 aliphatic heterocycles. The van der Waals surface area contributed by atoms with E-state index < -0.39 is 0 Å². The number of aliphatic hydroxyl groups is 1. The van der Waals surface area contributed by atoms with Crippen LogP contribution in [0, 0.1) is 0 Å². The van der Waals surface area contributed by atoms with Crippen LogP contribution in [0.3, 0.4) is 0 Å². The molecule has 0 bridgehead atoms. The van der Waals surface area contributed by atoms with Gasteiger partial charge in [-0.15, -0.1) is 11.3 Å². The maximum Gasteiger partial charge on any atom is 0.0931 e. The molecule has 0 saturated heterocycles. The Labute approximate surface area is 110 Å². The molecule has 1 atom stereocenters. The van der Waals surface area contributed by atoms with Gasteiger partial charge in [0.1, 0.15) is 0 Å². The highest BCUT2D eigenvalue weighted by molar-refractivity contribution is 7.99. The molecule has 0 amide bonds. The first-order valence-electron chi connectivity index (χ1n) is 5.41. The standard InChI is InChI=1S/C11H18ClNOS2/c1-9(10-3-4-11(12)16-10)13-5-8-15-7-2-6-14/h3-4,9,13-14H,2,5-8H2,1H3. The van der Waals surface area contributed by atoms with Crippen LogP contribution in [-0.2, 0) is 0 Å². The van der Waals surface area contributed by atoms with Crippen molar-refractivity contribution >= 4 is 34.7 Å². The summed E-state index contributed by atoms with van der Waals surface area (Å²) in [6, 6.07) is 4.38. The summed E-state index contributed by atoms with van der Waals surface area (Å²) in [7, 11) is 0. The SMILES string of the molecule is CC(NCCSCCCO)c1ccc(Cl)s1. The molecule has 1 heterocycles. The Kier molecular flexibility index (Phi) is 7.49. The fourth-order valence-corrected chi connectivity index (χ4v) is 3.17. The Morgan fingerprint density at radius 3 is 2.94 bits per heavy atom. The molecule has 0 radical (unpaired) electrons. The van der Waals surface area contributed by atoms with Gasteiger partial charge in [0.15, 0.2) is 0 Å². The van der Waals surface area contributed by atoms with Crippen LogP contribution in [-0.4, -0.2) is 29.8 Å². The molecule has 1 aromatic heterocycles. The van der Waals surface area contributed by atoms with Crippen molar-refractivity contribution in [1.82, 2.24) is 5.32 Å². The van der Waals surface area contributed by atoms with Gasteiger partial charge in [-0.3, -0.25) is 0 Å². The van der Waals surface area contributed by atoms with Gasteiger partial charge in [0.2, 0.25) is 0 Å². The summed E-state index contributed by atoms with van der Waals surface area (Å²) >= 11 is 9.39. The third-order valence-electron chi connectivity index (χ3n) is 2.16. The number of thioether (sulfide) groups is 1. The van der Waals surface area contributed by atoms with Crippen LogP contribution < -0.4 is 5.32 Å². The van der Waals surface area contributed by atoms with Crippen molar-refractivity contribution in [3.05, 3.63) is 21.3 Å². The van der Waals surface area contributed by atoms with Gasteiger partial charge in [-0.2, -0.15) is 11.8 Å². The van der Waals surface area contributed by atoms with Crippen molar-refractivity contribution in [3.8, 4) is 0 Å². The average Bonchev–Trinajstić information content (AvgIpc) is 2.70. The minimum Gasteiger partial charge on any atom is -0.396 e. The van der Waals surface area contributed by atoms with Gasteiger partial charge >= 0.3 is 0 Å². The van der Waals surface area contributed by atoms with Crippen LogP contribution in [0.1, 0.15) is 24.3 Å². The third kappa shape index (κ3) is 5.55. The van der Waals surface area contributed by atoms with Crippen molar-refractivity contribution in [2.24, 2.45) is 0 Å². The predicted molar refractivity (Wildman–Crippen MR) is 74.8 cm³/mol. The molecular formula is C11H18ClNOS2. The van der Waals surface area contributed by atoms with Crippen LogP contribution in [0.4, 0.5) is 0 Å². The Morgan fingerprint density at radius 1 is 1.50 bits per heavy atom. The molecule has 1 rings (SSSR count). The summed E-state index contributed by atoms with van der Waals surface area (Å²) in [6.07, 6.45) is 0.890. The van der Waals surface area contributed by atoms with Crippen LogP contribution in [0.25, 0.3) is 0 Å². The van der Waals surface area contributed by atoms with Crippen LogP contribution in [0.5, 0.6) is 0 Å². The van der Waals surface area contributed by atoms with Crippen molar-refractivity contribution in [2.45, 2.75) is 19.4 Å². The summed E-state index contributed by atoms with van der Waals surface area (Å²) in [5.41, 5.74) is 0. The molecule has 0 spiro atoms. The largest absolute Gasteiger partial charge is 0.396 e. The molecule has 92 valence electrons.